The largest absolute Gasteiger partial charge is 0.448 e. The van der Waals surface area contributed by atoms with Gasteiger partial charge >= 0.3 is 5.97 Å². The molecule has 2 heterocycles. The van der Waals surface area contributed by atoms with Crippen molar-refractivity contribution in [1.29, 1.82) is 0 Å². The fraction of sp³-hybridized carbons (Fsp3) is 0.261. The van der Waals surface area contributed by atoms with Gasteiger partial charge in [-0.05, 0) is 54.5 Å². The van der Waals surface area contributed by atoms with E-state index in [1.54, 1.807) is 12.1 Å². The fourth-order valence-corrected chi connectivity index (χ4v) is 4.74. The highest BCUT2D eigenvalue weighted by molar-refractivity contribution is 7.14. The molecule has 29 heavy (non-hydrogen) atoms. The van der Waals surface area contributed by atoms with Gasteiger partial charge in [0.2, 0.25) is 0 Å². The Morgan fingerprint density at radius 2 is 1.90 bits per heavy atom. The van der Waals surface area contributed by atoms with Gasteiger partial charge in [0.15, 0.2) is 11.2 Å². The zero-order chi connectivity index (χ0) is 19.8. The molecule has 0 saturated heterocycles. The van der Waals surface area contributed by atoms with Gasteiger partial charge in [-0.3, -0.25) is 10.1 Å². The number of cyclic esters (lactones) is 1. The van der Waals surface area contributed by atoms with Crippen LogP contribution in [0.2, 0.25) is 0 Å². The zero-order valence-corrected chi connectivity index (χ0v) is 16.6. The number of hydrogen-bond acceptors (Lipinski definition) is 5. The first-order valence-electron chi connectivity index (χ1n) is 9.85. The number of ether oxygens (including phenoxy) is 1. The quantitative estimate of drug-likeness (QED) is 0.657. The third-order valence-electron chi connectivity index (χ3n) is 5.56. The topological polar surface area (TPSA) is 68.3 Å². The molecule has 1 amide bonds. The van der Waals surface area contributed by atoms with Gasteiger partial charge in [-0.1, -0.05) is 30.3 Å². The molecule has 1 aromatic heterocycles. The van der Waals surface area contributed by atoms with E-state index < -0.39 is 12.1 Å². The number of thiazole rings is 1. The van der Waals surface area contributed by atoms with Crippen LogP contribution in [0.1, 0.15) is 39.9 Å². The number of benzene rings is 2. The molecule has 3 aromatic rings. The molecule has 0 bridgehead atoms. The number of aryl methyl sites for hydroxylation is 2. The van der Waals surface area contributed by atoms with Crippen molar-refractivity contribution in [2.45, 2.75) is 38.2 Å². The first kappa shape index (κ1) is 18.1. The van der Waals surface area contributed by atoms with Crippen LogP contribution in [-0.4, -0.2) is 23.0 Å². The fourth-order valence-electron chi connectivity index (χ4n) is 4.02. The number of carbonyl (C=O) groups is 2. The molecule has 2 aromatic carbocycles. The zero-order valence-electron chi connectivity index (χ0n) is 15.8. The van der Waals surface area contributed by atoms with Crippen molar-refractivity contribution in [1.82, 2.24) is 4.98 Å². The summed E-state index contributed by atoms with van der Waals surface area (Å²) in [5, 5.41) is 5.27. The Bertz CT molecular complexity index is 1110. The van der Waals surface area contributed by atoms with Gasteiger partial charge in [0.25, 0.3) is 5.91 Å². The normalized spacial score (nSPS) is 17.8. The Hall–Kier alpha value is -2.99. The number of amides is 1. The molecule has 0 unspecified atom stereocenters. The van der Waals surface area contributed by atoms with Crippen LogP contribution < -0.4 is 5.32 Å². The number of nitrogens with zero attached hydrogens (tertiary/aromatic N) is 1. The highest BCUT2D eigenvalue weighted by Crippen LogP contribution is 2.30. The van der Waals surface area contributed by atoms with E-state index in [0.717, 1.165) is 29.7 Å². The molecule has 0 spiro atoms. The predicted molar refractivity (Wildman–Crippen MR) is 112 cm³/mol. The van der Waals surface area contributed by atoms with Crippen LogP contribution in [0.25, 0.3) is 11.3 Å². The van der Waals surface area contributed by atoms with E-state index in [1.807, 2.05) is 17.5 Å². The smallest absolute Gasteiger partial charge is 0.339 e. The number of rotatable bonds is 3. The van der Waals surface area contributed by atoms with Crippen molar-refractivity contribution < 1.29 is 14.3 Å². The molecular formula is C23H20N2O3S. The molecule has 1 atom stereocenters. The van der Waals surface area contributed by atoms with Crippen LogP contribution in [0.15, 0.2) is 47.8 Å². The minimum absolute atomic E-state index is 0.348. The van der Waals surface area contributed by atoms with Crippen molar-refractivity contribution >= 4 is 28.3 Å². The molecule has 2 aliphatic rings. The van der Waals surface area contributed by atoms with Crippen LogP contribution >= 0.6 is 11.3 Å². The van der Waals surface area contributed by atoms with Crippen molar-refractivity contribution in [2.24, 2.45) is 0 Å². The van der Waals surface area contributed by atoms with Gasteiger partial charge in [-0.2, -0.15) is 0 Å². The summed E-state index contributed by atoms with van der Waals surface area (Å²) in [6, 6.07) is 13.7. The number of nitrogens with one attached hydrogen (secondary N) is 1. The molecule has 0 radical (unpaired) electrons. The summed E-state index contributed by atoms with van der Waals surface area (Å²) >= 11 is 1.38. The standard InChI is InChI=1S/C23H20N2O3S/c26-21(20-12-16-7-3-4-8-18(16)22(27)28-20)25-23-24-19(13-29-23)17-10-9-14-5-1-2-6-15(14)11-17/h3-4,7-11,13,20H,1-2,5-6,12H2,(H,24,25,26)/t20-/m0/s1. The minimum Gasteiger partial charge on any atom is -0.448 e. The number of aromatic nitrogens is 1. The lowest BCUT2D eigenvalue weighted by atomic mass is 9.90. The maximum Gasteiger partial charge on any atom is 0.339 e. The van der Waals surface area contributed by atoms with Crippen LogP contribution in [0.3, 0.4) is 0 Å². The molecule has 146 valence electrons. The van der Waals surface area contributed by atoms with E-state index in [1.165, 1.54) is 35.3 Å². The van der Waals surface area contributed by atoms with Crippen molar-refractivity contribution in [3.63, 3.8) is 0 Å². The minimum atomic E-state index is -0.839. The lowest BCUT2D eigenvalue weighted by Gasteiger charge is -2.23. The average Bonchev–Trinajstić information content (AvgIpc) is 3.22. The monoisotopic (exact) mass is 404 g/mol. The number of anilines is 1. The third-order valence-corrected chi connectivity index (χ3v) is 6.32. The Balaban J connectivity index is 1.30. The van der Waals surface area contributed by atoms with Crippen LogP contribution in [0.5, 0.6) is 0 Å². The molecule has 1 N–H and O–H groups in total. The second-order valence-electron chi connectivity index (χ2n) is 7.47. The maximum atomic E-state index is 12.6. The third kappa shape index (κ3) is 3.56. The van der Waals surface area contributed by atoms with E-state index >= 15 is 0 Å². The van der Waals surface area contributed by atoms with E-state index in [0.29, 0.717) is 17.1 Å². The highest BCUT2D eigenvalue weighted by atomic mass is 32.1. The Morgan fingerprint density at radius 1 is 1.07 bits per heavy atom. The first-order chi connectivity index (χ1) is 14.2. The van der Waals surface area contributed by atoms with E-state index in [9.17, 15) is 9.59 Å². The van der Waals surface area contributed by atoms with Gasteiger partial charge in [-0.15, -0.1) is 11.3 Å². The average molecular weight is 404 g/mol. The molecular weight excluding hydrogens is 384 g/mol. The first-order valence-corrected chi connectivity index (χ1v) is 10.7. The highest BCUT2D eigenvalue weighted by Gasteiger charge is 2.31. The van der Waals surface area contributed by atoms with Gasteiger partial charge in [0, 0.05) is 17.4 Å². The summed E-state index contributed by atoms with van der Waals surface area (Å²) < 4.78 is 5.33. The van der Waals surface area contributed by atoms with Crippen molar-refractivity contribution in [3.8, 4) is 11.3 Å². The molecule has 0 fully saturated rings. The second kappa shape index (κ2) is 7.44. The van der Waals surface area contributed by atoms with Gasteiger partial charge in [-0.25, -0.2) is 9.78 Å². The summed E-state index contributed by atoms with van der Waals surface area (Å²) in [4.78, 5) is 29.4. The number of esters is 1. The summed E-state index contributed by atoms with van der Waals surface area (Å²) in [6.07, 6.45) is 4.29. The Morgan fingerprint density at radius 3 is 2.79 bits per heavy atom. The summed E-state index contributed by atoms with van der Waals surface area (Å²) in [7, 11) is 0. The van der Waals surface area contributed by atoms with Crippen molar-refractivity contribution in [3.05, 3.63) is 70.1 Å². The number of fused-ring (bicyclic) bond motifs is 2. The summed E-state index contributed by atoms with van der Waals surface area (Å²) in [5.41, 5.74) is 6.12. The number of carbonyl (C=O) groups excluding carboxylic acids is 2. The van der Waals surface area contributed by atoms with Gasteiger partial charge < -0.3 is 4.74 Å². The Labute approximate surface area is 172 Å². The van der Waals surface area contributed by atoms with Crippen LogP contribution in [0.4, 0.5) is 5.13 Å². The molecule has 0 saturated carbocycles. The summed E-state index contributed by atoms with van der Waals surface area (Å²) in [6.45, 7) is 0. The van der Waals surface area contributed by atoms with Crippen LogP contribution in [-0.2, 0) is 28.8 Å². The Kier molecular flexibility index (Phi) is 4.64. The SMILES string of the molecule is O=C1O[C@H](C(=O)Nc2nc(-c3ccc4c(c3)CCCC4)cs2)Cc2ccccc21. The second-order valence-corrected chi connectivity index (χ2v) is 8.33. The lowest BCUT2D eigenvalue weighted by molar-refractivity contribution is -0.125. The molecule has 5 nitrogen and oxygen atoms in total. The van der Waals surface area contributed by atoms with Crippen molar-refractivity contribution in [2.75, 3.05) is 5.32 Å². The molecule has 1 aliphatic carbocycles. The van der Waals surface area contributed by atoms with E-state index in [-0.39, 0.29) is 5.91 Å². The van der Waals surface area contributed by atoms with E-state index in [2.05, 4.69) is 28.5 Å². The molecule has 1 aliphatic heterocycles. The summed E-state index contributed by atoms with van der Waals surface area (Å²) in [5.74, 6) is -0.805. The van der Waals surface area contributed by atoms with Crippen LogP contribution in [0, 0.1) is 0 Å². The lowest BCUT2D eigenvalue weighted by Crippen LogP contribution is -2.37. The van der Waals surface area contributed by atoms with E-state index in [4.69, 9.17) is 4.74 Å². The molecule has 5 rings (SSSR count). The van der Waals surface area contributed by atoms with Gasteiger partial charge in [0.05, 0.1) is 11.3 Å². The molecule has 6 heteroatoms. The predicted octanol–water partition coefficient (Wildman–Crippen LogP) is 4.41. The maximum absolute atomic E-state index is 12.6. The number of hydrogen-bond donors (Lipinski definition) is 1. The van der Waals surface area contributed by atoms with Gasteiger partial charge in [0.1, 0.15) is 0 Å².